The molecule has 4 atom stereocenters. The second kappa shape index (κ2) is 12.1. The van der Waals surface area contributed by atoms with E-state index < -0.39 is 48.3 Å². The van der Waals surface area contributed by atoms with Gasteiger partial charge in [-0.2, -0.15) is 0 Å². The molecule has 0 aromatic rings. The summed E-state index contributed by atoms with van der Waals surface area (Å²) in [5.41, 5.74) is 0. The summed E-state index contributed by atoms with van der Waals surface area (Å²) in [6.07, 6.45) is 1.09. The molecule has 0 radical (unpaired) electrons. The highest BCUT2D eigenvalue weighted by Crippen LogP contribution is 2.08. The number of hydrogen-bond donors (Lipinski definition) is 6. The molecule has 1 fully saturated rings. The third-order valence-electron chi connectivity index (χ3n) is 4.73. The first-order valence-corrected chi connectivity index (χ1v) is 10.1. The van der Waals surface area contributed by atoms with Crippen molar-refractivity contribution in [3.05, 3.63) is 0 Å². The van der Waals surface area contributed by atoms with Gasteiger partial charge >= 0.3 is 11.9 Å². The van der Waals surface area contributed by atoms with Gasteiger partial charge < -0.3 is 31.5 Å². The summed E-state index contributed by atoms with van der Waals surface area (Å²) in [6, 6.07) is -3.73. The van der Waals surface area contributed by atoms with E-state index in [2.05, 4.69) is 21.3 Å². The molecule has 30 heavy (non-hydrogen) atoms. The van der Waals surface area contributed by atoms with E-state index >= 15 is 0 Å². The summed E-state index contributed by atoms with van der Waals surface area (Å²) in [6.45, 7) is 5.77. The van der Waals surface area contributed by atoms with Gasteiger partial charge in [0.25, 0.3) is 0 Å². The first-order chi connectivity index (χ1) is 14.0. The molecule has 1 aliphatic heterocycles. The molecule has 0 saturated carbocycles. The fourth-order valence-corrected chi connectivity index (χ4v) is 3.09. The molecule has 0 aliphatic carbocycles. The van der Waals surface area contributed by atoms with Crippen LogP contribution in [-0.2, 0) is 24.0 Å². The van der Waals surface area contributed by atoms with E-state index in [9.17, 15) is 29.1 Å². The lowest BCUT2D eigenvalue weighted by molar-refractivity contribution is -0.143. The van der Waals surface area contributed by atoms with E-state index in [1.807, 2.05) is 0 Å². The minimum atomic E-state index is -1.24. The number of aliphatic carboxylic acids is 2. The highest BCUT2D eigenvalue weighted by atomic mass is 16.4. The van der Waals surface area contributed by atoms with Crippen molar-refractivity contribution in [2.24, 2.45) is 5.92 Å². The van der Waals surface area contributed by atoms with Gasteiger partial charge in [-0.15, -0.1) is 0 Å². The Morgan fingerprint density at radius 2 is 1.60 bits per heavy atom. The SMILES string of the molecule is CC(C)CC(NC(=O)C(CCC(=O)O)NC(=O)C(C)NC(=O)C1CCCN1)C(=O)O. The Labute approximate surface area is 175 Å². The molecule has 6 N–H and O–H groups in total. The van der Waals surface area contributed by atoms with Crippen LogP contribution in [0.25, 0.3) is 0 Å². The Kier molecular flexibility index (Phi) is 10.2. The molecule has 11 heteroatoms. The number of carbonyl (C=O) groups is 5. The molecule has 1 heterocycles. The Morgan fingerprint density at radius 1 is 0.967 bits per heavy atom. The molecule has 170 valence electrons. The molecule has 1 aliphatic rings. The molecular weight excluding hydrogens is 396 g/mol. The van der Waals surface area contributed by atoms with Crippen molar-refractivity contribution in [2.75, 3.05) is 6.54 Å². The number of rotatable bonds is 12. The number of carboxylic acids is 2. The van der Waals surface area contributed by atoms with Gasteiger partial charge in [-0.1, -0.05) is 13.8 Å². The third kappa shape index (κ3) is 8.76. The van der Waals surface area contributed by atoms with E-state index in [-0.39, 0.29) is 30.7 Å². The normalized spacial score (nSPS) is 18.9. The van der Waals surface area contributed by atoms with E-state index in [1.54, 1.807) is 13.8 Å². The Morgan fingerprint density at radius 3 is 2.10 bits per heavy atom. The average Bonchev–Trinajstić information content (AvgIpc) is 3.18. The highest BCUT2D eigenvalue weighted by Gasteiger charge is 2.30. The van der Waals surface area contributed by atoms with Crippen molar-refractivity contribution in [1.29, 1.82) is 0 Å². The maximum Gasteiger partial charge on any atom is 0.326 e. The highest BCUT2D eigenvalue weighted by molar-refractivity contribution is 5.94. The minimum absolute atomic E-state index is 0.00195. The van der Waals surface area contributed by atoms with Gasteiger partial charge in [0.2, 0.25) is 17.7 Å². The van der Waals surface area contributed by atoms with Gasteiger partial charge in [0, 0.05) is 6.42 Å². The smallest absolute Gasteiger partial charge is 0.326 e. The largest absolute Gasteiger partial charge is 0.481 e. The fourth-order valence-electron chi connectivity index (χ4n) is 3.09. The first-order valence-electron chi connectivity index (χ1n) is 10.1. The standard InChI is InChI=1S/C19H32N4O7/c1-10(2)9-14(19(29)30)23-18(28)13(6-7-15(24)25)22-16(26)11(3)21-17(27)12-5-4-8-20-12/h10-14,20H,4-9H2,1-3H3,(H,21,27)(H,22,26)(H,23,28)(H,24,25)(H,29,30). The summed E-state index contributed by atoms with van der Waals surface area (Å²) < 4.78 is 0. The second-order valence-electron chi connectivity index (χ2n) is 7.90. The summed E-state index contributed by atoms with van der Waals surface area (Å²) in [5, 5.41) is 28.6. The van der Waals surface area contributed by atoms with Crippen molar-refractivity contribution < 1.29 is 34.2 Å². The van der Waals surface area contributed by atoms with E-state index in [0.29, 0.717) is 6.42 Å². The predicted octanol–water partition coefficient (Wildman–Crippen LogP) is -0.792. The van der Waals surface area contributed by atoms with Crippen LogP contribution in [0.3, 0.4) is 0 Å². The molecule has 3 amide bonds. The maximum atomic E-state index is 12.6. The van der Waals surface area contributed by atoms with Crippen molar-refractivity contribution in [3.8, 4) is 0 Å². The van der Waals surface area contributed by atoms with Crippen LogP contribution in [0.1, 0.15) is 52.9 Å². The Hall–Kier alpha value is -2.69. The quantitative estimate of drug-likeness (QED) is 0.234. The summed E-state index contributed by atoms with van der Waals surface area (Å²) >= 11 is 0. The van der Waals surface area contributed by atoms with Gasteiger partial charge in [-0.05, 0) is 45.1 Å². The first kappa shape index (κ1) is 25.3. The van der Waals surface area contributed by atoms with E-state index in [4.69, 9.17) is 5.11 Å². The number of hydrogen-bond acceptors (Lipinski definition) is 6. The number of amides is 3. The average molecular weight is 428 g/mol. The van der Waals surface area contributed by atoms with Gasteiger partial charge in [0.1, 0.15) is 18.1 Å². The van der Waals surface area contributed by atoms with Crippen LogP contribution in [0.2, 0.25) is 0 Å². The second-order valence-corrected chi connectivity index (χ2v) is 7.90. The summed E-state index contributed by atoms with van der Waals surface area (Å²) in [4.78, 5) is 59.5. The van der Waals surface area contributed by atoms with Crippen LogP contribution >= 0.6 is 0 Å². The zero-order valence-corrected chi connectivity index (χ0v) is 17.6. The van der Waals surface area contributed by atoms with Crippen LogP contribution in [0.4, 0.5) is 0 Å². The molecule has 1 rings (SSSR count). The van der Waals surface area contributed by atoms with Gasteiger partial charge in [0.15, 0.2) is 0 Å². The number of carboxylic acid groups (broad SMARTS) is 2. The molecule has 11 nitrogen and oxygen atoms in total. The Balaban J connectivity index is 2.75. The molecule has 1 saturated heterocycles. The van der Waals surface area contributed by atoms with Crippen LogP contribution in [-0.4, -0.2) is 70.6 Å². The lowest BCUT2D eigenvalue weighted by Crippen LogP contribution is -2.56. The lowest BCUT2D eigenvalue weighted by Gasteiger charge is -2.24. The maximum absolute atomic E-state index is 12.6. The summed E-state index contributed by atoms with van der Waals surface area (Å²) in [5.74, 6) is -4.16. The lowest BCUT2D eigenvalue weighted by atomic mass is 10.0. The fraction of sp³-hybridized carbons (Fsp3) is 0.737. The minimum Gasteiger partial charge on any atom is -0.481 e. The molecular formula is C19H32N4O7. The van der Waals surface area contributed by atoms with Crippen molar-refractivity contribution in [3.63, 3.8) is 0 Å². The molecule has 0 spiro atoms. The molecule has 0 bridgehead atoms. The summed E-state index contributed by atoms with van der Waals surface area (Å²) in [7, 11) is 0. The molecule has 0 aromatic heterocycles. The predicted molar refractivity (Wildman–Crippen MR) is 106 cm³/mol. The van der Waals surface area contributed by atoms with Crippen LogP contribution in [0, 0.1) is 5.92 Å². The third-order valence-corrected chi connectivity index (χ3v) is 4.73. The van der Waals surface area contributed by atoms with Crippen molar-refractivity contribution >= 4 is 29.7 Å². The molecule has 4 unspecified atom stereocenters. The van der Waals surface area contributed by atoms with Gasteiger partial charge in [-0.3, -0.25) is 19.2 Å². The number of nitrogens with one attached hydrogen (secondary N) is 4. The van der Waals surface area contributed by atoms with Crippen LogP contribution in [0.15, 0.2) is 0 Å². The van der Waals surface area contributed by atoms with Gasteiger partial charge in [0.05, 0.1) is 6.04 Å². The van der Waals surface area contributed by atoms with E-state index in [1.165, 1.54) is 6.92 Å². The zero-order valence-electron chi connectivity index (χ0n) is 17.6. The monoisotopic (exact) mass is 428 g/mol. The molecule has 0 aromatic carbocycles. The van der Waals surface area contributed by atoms with E-state index in [0.717, 1.165) is 13.0 Å². The Bertz CT molecular complexity index is 647. The zero-order chi connectivity index (χ0) is 22.8. The van der Waals surface area contributed by atoms with Crippen molar-refractivity contribution in [2.45, 2.75) is 77.0 Å². The van der Waals surface area contributed by atoms with Crippen LogP contribution in [0.5, 0.6) is 0 Å². The van der Waals surface area contributed by atoms with Crippen LogP contribution < -0.4 is 21.3 Å². The number of carbonyl (C=O) groups excluding carboxylic acids is 3. The van der Waals surface area contributed by atoms with Gasteiger partial charge in [-0.25, -0.2) is 4.79 Å². The topological polar surface area (TPSA) is 174 Å². The van der Waals surface area contributed by atoms with Crippen molar-refractivity contribution in [1.82, 2.24) is 21.3 Å².